The van der Waals surface area contributed by atoms with Crippen LogP contribution in [0.2, 0.25) is 0 Å². The molecule has 0 fully saturated rings. The number of alkyl halides is 4. The molecular formula is C14H19ClF3NO. The summed E-state index contributed by atoms with van der Waals surface area (Å²) in [6.45, 7) is 1.04. The summed E-state index contributed by atoms with van der Waals surface area (Å²) in [4.78, 5) is 2.11. The van der Waals surface area contributed by atoms with Crippen LogP contribution in [0.4, 0.5) is 13.2 Å². The molecule has 0 aliphatic carbocycles. The summed E-state index contributed by atoms with van der Waals surface area (Å²) in [5.74, 6) is 0.496. The lowest BCUT2D eigenvalue weighted by atomic mass is 10.2. The lowest BCUT2D eigenvalue weighted by Gasteiger charge is -2.21. The van der Waals surface area contributed by atoms with Crippen molar-refractivity contribution in [2.24, 2.45) is 0 Å². The summed E-state index contributed by atoms with van der Waals surface area (Å²) >= 11 is 5.74. The Kier molecular flexibility index (Phi) is 7.95. The van der Waals surface area contributed by atoms with Gasteiger partial charge in [-0.3, -0.25) is 4.90 Å². The number of rotatable bonds is 9. The van der Waals surface area contributed by atoms with Gasteiger partial charge in [-0.2, -0.15) is 13.2 Å². The van der Waals surface area contributed by atoms with Crippen LogP contribution < -0.4 is 0 Å². The quantitative estimate of drug-likeness (QED) is 0.509. The minimum atomic E-state index is -4.25. The Hall–Kier alpha value is -0.780. The van der Waals surface area contributed by atoms with E-state index in [1.807, 2.05) is 30.3 Å². The molecule has 0 unspecified atom stereocenters. The maximum absolute atomic E-state index is 11.9. The first-order chi connectivity index (χ1) is 9.51. The van der Waals surface area contributed by atoms with E-state index in [-0.39, 0.29) is 6.61 Å². The zero-order chi connectivity index (χ0) is 14.8. The molecule has 0 aromatic heterocycles. The average molecular weight is 310 g/mol. The minimum absolute atomic E-state index is 0.104. The first-order valence-corrected chi connectivity index (χ1v) is 7.01. The molecule has 0 saturated carbocycles. The van der Waals surface area contributed by atoms with E-state index in [4.69, 9.17) is 11.6 Å². The SMILES string of the molecule is FC(F)(F)COCCCN(CCCl)Cc1ccccc1. The van der Waals surface area contributed by atoms with E-state index in [1.54, 1.807) is 0 Å². The van der Waals surface area contributed by atoms with E-state index in [1.165, 1.54) is 0 Å². The van der Waals surface area contributed by atoms with Gasteiger partial charge in [-0.05, 0) is 12.0 Å². The molecule has 6 heteroatoms. The fourth-order valence-electron chi connectivity index (χ4n) is 1.81. The summed E-state index contributed by atoms with van der Waals surface area (Å²) in [7, 11) is 0. The van der Waals surface area contributed by atoms with E-state index in [2.05, 4.69) is 9.64 Å². The normalized spacial score (nSPS) is 12.1. The number of hydrogen-bond acceptors (Lipinski definition) is 2. The first kappa shape index (κ1) is 17.3. The monoisotopic (exact) mass is 309 g/mol. The van der Waals surface area contributed by atoms with Crippen LogP contribution >= 0.6 is 11.6 Å². The Bertz CT molecular complexity index is 359. The molecule has 2 nitrogen and oxygen atoms in total. The summed E-state index contributed by atoms with van der Waals surface area (Å²) in [5, 5.41) is 0. The first-order valence-electron chi connectivity index (χ1n) is 6.48. The fourth-order valence-corrected chi connectivity index (χ4v) is 2.05. The predicted molar refractivity (Wildman–Crippen MR) is 73.9 cm³/mol. The molecule has 20 heavy (non-hydrogen) atoms. The molecule has 0 amide bonds. The molecule has 0 N–H and O–H groups in total. The molecule has 0 heterocycles. The van der Waals surface area contributed by atoms with E-state index in [0.717, 1.165) is 12.1 Å². The van der Waals surface area contributed by atoms with Crippen LogP contribution in [-0.4, -0.2) is 43.3 Å². The van der Waals surface area contributed by atoms with Crippen molar-refractivity contribution in [2.45, 2.75) is 19.1 Å². The van der Waals surface area contributed by atoms with Gasteiger partial charge < -0.3 is 4.74 Å². The van der Waals surface area contributed by atoms with Gasteiger partial charge in [-0.1, -0.05) is 30.3 Å². The summed E-state index contributed by atoms with van der Waals surface area (Å²) in [5.41, 5.74) is 1.16. The molecule has 0 aliphatic heterocycles. The highest BCUT2D eigenvalue weighted by Crippen LogP contribution is 2.14. The van der Waals surface area contributed by atoms with Crippen molar-refractivity contribution in [2.75, 3.05) is 32.2 Å². The van der Waals surface area contributed by atoms with Gasteiger partial charge in [0.25, 0.3) is 0 Å². The Morgan fingerprint density at radius 1 is 1.10 bits per heavy atom. The van der Waals surface area contributed by atoms with Crippen molar-refractivity contribution in [1.29, 1.82) is 0 Å². The van der Waals surface area contributed by atoms with Gasteiger partial charge in [0.1, 0.15) is 6.61 Å². The highest BCUT2D eigenvalue weighted by atomic mass is 35.5. The molecule has 0 spiro atoms. The van der Waals surface area contributed by atoms with Gasteiger partial charge >= 0.3 is 6.18 Å². The zero-order valence-electron chi connectivity index (χ0n) is 11.2. The van der Waals surface area contributed by atoms with Crippen LogP contribution in [0.1, 0.15) is 12.0 Å². The van der Waals surface area contributed by atoms with Crippen molar-refractivity contribution in [1.82, 2.24) is 4.90 Å². The maximum Gasteiger partial charge on any atom is 0.411 e. The smallest absolute Gasteiger partial charge is 0.372 e. The Morgan fingerprint density at radius 2 is 1.80 bits per heavy atom. The molecular weight excluding hydrogens is 291 g/mol. The number of benzene rings is 1. The summed E-state index contributed by atoms with van der Waals surface area (Å²) < 4.78 is 40.3. The van der Waals surface area contributed by atoms with E-state index < -0.39 is 12.8 Å². The van der Waals surface area contributed by atoms with Crippen molar-refractivity contribution < 1.29 is 17.9 Å². The molecule has 1 aromatic rings. The Morgan fingerprint density at radius 3 is 2.40 bits per heavy atom. The van der Waals surface area contributed by atoms with Crippen molar-refractivity contribution in [3.05, 3.63) is 35.9 Å². The largest absolute Gasteiger partial charge is 0.411 e. The summed E-state index contributed by atoms with van der Waals surface area (Å²) in [6.07, 6.45) is -3.69. The molecule has 1 rings (SSSR count). The van der Waals surface area contributed by atoms with Crippen molar-refractivity contribution >= 4 is 11.6 Å². The Balaban J connectivity index is 2.25. The number of halogens is 4. The van der Waals surface area contributed by atoms with E-state index in [0.29, 0.717) is 25.4 Å². The third-order valence-electron chi connectivity index (χ3n) is 2.68. The highest BCUT2D eigenvalue weighted by Gasteiger charge is 2.27. The number of hydrogen-bond donors (Lipinski definition) is 0. The number of ether oxygens (including phenoxy) is 1. The molecule has 0 aliphatic rings. The molecule has 0 atom stereocenters. The fraction of sp³-hybridized carbons (Fsp3) is 0.571. The third kappa shape index (κ3) is 8.40. The zero-order valence-corrected chi connectivity index (χ0v) is 12.0. The van der Waals surface area contributed by atoms with Gasteiger partial charge in [0.2, 0.25) is 0 Å². The van der Waals surface area contributed by atoms with Crippen LogP contribution in [0.5, 0.6) is 0 Å². The number of nitrogens with zero attached hydrogens (tertiary/aromatic N) is 1. The second-order valence-electron chi connectivity index (χ2n) is 4.47. The van der Waals surface area contributed by atoms with E-state index in [9.17, 15) is 13.2 Å². The molecule has 0 bridgehead atoms. The van der Waals surface area contributed by atoms with Crippen LogP contribution in [0.25, 0.3) is 0 Å². The minimum Gasteiger partial charge on any atom is -0.372 e. The second kappa shape index (κ2) is 9.21. The predicted octanol–water partition coefficient (Wildman–Crippen LogP) is 3.70. The van der Waals surface area contributed by atoms with Crippen LogP contribution in [0.3, 0.4) is 0 Å². The summed E-state index contributed by atoms with van der Waals surface area (Å²) in [6, 6.07) is 9.89. The maximum atomic E-state index is 11.9. The lowest BCUT2D eigenvalue weighted by molar-refractivity contribution is -0.174. The van der Waals surface area contributed by atoms with Crippen LogP contribution in [0, 0.1) is 0 Å². The van der Waals surface area contributed by atoms with Gasteiger partial charge in [0, 0.05) is 32.1 Å². The van der Waals surface area contributed by atoms with Crippen molar-refractivity contribution in [3.63, 3.8) is 0 Å². The van der Waals surface area contributed by atoms with Crippen molar-refractivity contribution in [3.8, 4) is 0 Å². The van der Waals surface area contributed by atoms with E-state index >= 15 is 0 Å². The lowest BCUT2D eigenvalue weighted by Crippen LogP contribution is -2.27. The molecule has 0 saturated heterocycles. The third-order valence-corrected chi connectivity index (χ3v) is 2.85. The molecule has 114 valence electrons. The highest BCUT2D eigenvalue weighted by molar-refractivity contribution is 6.18. The van der Waals surface area contributed by atoms with Gasteiger partial charge in [-0.15, -0.1) is 11.6 Å². The molecule has 0 radical (unpaired) electrons. The van der Waals surface area contributed by atoms with Gasteiger partial charge in [-0.25, -0.2) is 0 Å². The van der Waals surface area contributed by atoms with Gasteiger partial charge in [0.15, 0.2) is 0 Å². The molecule has 1 aromatic carbocycles. The average Bonchev–Trinajstić information content (AvgIpc) is 2.38. The topological polar surface area (TPSA) is 12.5 Å². The van der Waals surface area contributed by atoms with Crippen LogP contribution in [0.15, 0.2) is 30.3 Å². The van der Waals surface area contributed by atoms with Crippen LogP contribution in [-0.2, 0) is 11.3 Å². The Labute approximate surface area is 122 Å². The standard InChI is InChI=1S/C14H19ClF3NO/c15-7-9-19(11-13-5-2-1-3-6-13)8-4-10-20-12-14(16,17)18/h1-3,5-6H,4,7-12H2. The van der Waals surface area contributed by atoms with Gasteiger partial charge in [0.05, 0.1) is 0 Å². The second-order valence-corrected chi connectivity index (χ2v) is 4.85.